The highest BCUT2D eigenvalue weighted by atomic mass is 32.2. The van der Waals surface area contributed by atoms with Gasteiger partial charge < -0.3 is 18.9 Å². The quantitative estimate of drug-likeness (QED) is 0.377. The van der Waals surface area contributed by atoms with Crippen LogP contribution in [0.4, 0.5) is 5.95 Å². The highest BCUT2D eigenvalue weighted by Gasteiger charge is 2.37. The Labute approximate surface area is 222 Å². The number of nitrogens with zero attached hydrogens (tertiary/aromatic N) is 6. The molecule has 0 bridgehead atoms. The van der Waals surface area contributed by atoms with Gasteiger partial charge >= 0.3 is 0 Å². The Morgan fingerprint density at radius 1 is 1.18 bits per heavy atom. The van der Waals surface area contributed by atoms with Crippen molar-refractivity contribution in [3.05, 3.63) is 36.0 Å². The van der Waals surface area contributed by atoms with Crippen LogP contribution in [0.5, 0.6) is 11.6 Å². The number of methoxy groups -OCH3 is 1. The number of hydrogen-bond donors (Lipinski definition) is 1. The Morgan fingerprint density at radius 3 is 2.58 bits per heavy atom. The maximum Gasteiger partial charge on any atom is 0.257 e. The SMILES string of the molecule is CCOC[C@@H]1COc2c(ccnc2OC)-c2nnc(NS(=O)(=O)[C@@H](C)[C@@H](OC(C)C)c3ncc(C)cn3)n21. The zero-order valence-corrected chi connectivity index (χ0v) is 23.1. The van der Waals surface area contributed by atoms with Crippen molar-refractivity contribution in [1.29, 1.82) is 0 Å². The zero-order chi connectivity index (χ0) is 27.4. The summed E-state index contributed by atoms with van der Waals surface area (Å²) in [5, 5.41) is 7.44. The van der Waals surface area contributed by atoms with E-state index in [4.69, 9.17) is 18.9 Å². The summed E-state index contributed by atoms with van der Waals surface area (Å²) < 4.78 is 54.7. The summed E-state index contributed by atoms with van der Waals surface area (Å²) in [7, 11) is -2.57. The first-order chi connectivity index (χ1) is 18.2. The average molecular weight is 548 g/mol. The molecule has 1 aliphatic heterocycles. The fourth-order valence-corrected chi connectivity index (χ4v) is 5.11. The fourth-order valence-electron chi connectivity index (χ4n) is 4.02. The van der Waals surface area contributed by atoms with E-state index in [1.807, 2.05) is 27.7 Å². The summed E-state index contributed by atoms with van der Waals surface area (Å²) in [5.41, 5.74) is 1.42. The van der Waals surface area contributed by atoms with Crippen LogP contribution in [0.15, 0.2) is 24.7 Å². The van der Waals surface area contributed by atoms with Crippen LogP contribution in [-0.4, -0.2) is 76.4 Å². The summed E-state index contributed by atoms with van der Waals surface area (Å²) in [6.45, 7) is 9.79. The Hall–Kier alpha value is -3.36. The molecule has 3 aromatic heterocycles. The lowest BCUT2D eigenvalue weighted by Crippen LogP contribution is -2.35. The van der Waals surface area contributed by atoms with Gasteiger partial charge in [-0.05, 0) is 46.2 Å². The molecule has 0 saturated heterocycles. The number of aryl methyl sites for hydroxylation is 1. The van der Waals surface area contributed by atoms with Gasteiger partial charge in [0.05, 0.1) is 31.4 Å². The number of sulfonamides is 1. The number of aromatic nitrogens is 6. The molecule has 14 heteroatoms. The van der Waals surface area contributed by atoms with Crippen LogP contribution in [-0.2, 0) is 19.5 Å². The predicted molar refractivity (Wildman–Crippen MR) is 139 cm³/mol. The molecule has 13 nitrogen and oxygen atoms in total. The van der Waals surface area contributed by atoms with Crippen molar-refractivity contribution in [3.8, 4) is 23.0 Å². The minimum absolute atomic E-state index is 0.0249. The lowest BCUT2D eigenvalue weighted by molar-refractivity contribution is 0.00152. The molecular formula is C24H33N7O6S. The van der Waals surface area contributed by atoms with Crippen LogP contribution < -0.4 is 14.2 Å². The average Bonchev–Trinajstić information content (AvgIpc) is 3.21. The first kappa shape index (κ1) is 27.7. The molecule has 38 heavy (non-hydrogen) atoms. The molecule has 3 atom stereocenters. The van der Waals surface area contributed by atoms with Crippen molar-refractivity contribution in [2.45, 2.75) is 58.1 Å². The third-order valence-corrected chi connectivity index (χ3v) is 7.62. The maximum atomic E-state index is 13.7. The number of pyridine rings is 1. The molecule has 0 radical (unpaired) electrons. The Bertz CT molecular complexity index is 1350. The van der Waals surface area contributed by atoms with E-state index in [9.17, 15) is 8.42 Å². The number of rotatable bonds is 11. The second kappa shape index (κ2) is 11.6. The van der Waals surface area contributed by atoms with Gasteiger partial charge in [0.25, 0.3) is 5.88 Å². The van der Waals surface area contributed by atoms with Gasteiger partial charge in [-0.1, -0.05) is 0 Å². The smallest absolute Gasteiger partial charge is 0.257 e. The molecule has 0 amide bonds. The van der Waals surface area contributed by atoms with Gasteiger partial charge in [0.15, 0.2) is 17.4 Å². The number of nitrogens with one attached hydrogen (secondary N) is 1. The van der Waals surface area contributed by atoms with Gasteiger partial charge in [0, 0.05) is 25.2 Å². The highest BCUT2D eigenvalue weighted by molar-refractivity contribution is 7.93. The van der Waals surface area contributed by atoms with Gasteiger partial charge in [-0.25, -0.2) is 23.4 Å². The highest BCUT2D eigenvalue weighted by Crippen LogP contribution is 2.40. The van der Waals surface area contributed by atoms with Crippen molar-refractivity contribution in [2.75, 3.05) is 31.7 Å². The van der Waals surface area contributed by atoms with Crippen LogP contribution >= 0.6 is 0 Å². The molecule has 0 fully saturated rings. The number of anilines is 1. The van der Waals surface area contributed by atoms with Gasteiger partial charge in [-0.2, -0.15) is 0 Å². The number of hydrogen-bond acceptors (Lipinski definition) is 11. The van der Waals surface area contributed by atoms with Gasteiger partial charge in [-0.15, -0.1) is 10.2 Å². The summed E-state index contributed by atoms with van der Waals surface area (Å²) in [4.78, 5) is 12.8. The van der Waals surface area contributed by atoms with Crippen LogP contribution in [0.1, 0.15) is 51.2 Å². The van der Waals surface area contributed by atoms with E-state index in [1.165, 1.54) is 7.11 Å². The first-order valence-electron chi connectivity index (χ1n) is 12.3. The second-order valence-corrected chi connectivity index (χ2v) is 11.2. The molecule has 0 spiro atoms. The molecule has 1 aliphatic rings. The molecular weight excluding hydrogens is 514 g/mol. The first-order valence-corrected chi connectivity index (χ1v) is 13.8. The molecule has 0 aromatic carbocycles. The lowest BCUT2D eigenvalue weighted by atomic mass is 10.2. The summed E-state index contributed by atoms with van der Waals surface area (Å²) in [6, 6.07) is 1.28. The van der Waals surface area contributed by atoms with E-state index in [2.05, 4.69) is 29.9 Å². The number of fused-ring (bicyclic) bond motifs is 3. The summed E-state index contributed by atoms with van der Waals surface area (Å²) >= 11 is 0. The Kier molecular flexibility index (Phi) is 8.43. The van der Waals surface area contributed by atoms with Crippen LogP contribution in [0.2, 0.25) is 0 Å². The van der Waals surface area contributed by atoms with Crippen LogP contribution in [0.25, 0.3) is 11.4 Å². The van der Waals surface area contributed by atoms with Crippen LogP contribution in [0, 0.1) is 6.92 Å². The Balaban J connectivity index is 1.73. The molecule has 4 heterocycles. The molecule has 0 aliphatic carbocycles. The van der Waals surface area contributed by atoms with E-state index in [-0.39, 0.29) is 37.0 Å². The largest absolute Gasteiger partial charge is 0.485 e. The zero-order valence-electron chi connectivity index (χ0n) is 22.3. The van der Waals surface area contributed by atoms with E-state index in [0.29, 0.717) is 23.7 Å². The van der Waals surface area contributed by atoms with Crippen molar-refractivity contribution in [2.24, 2.45) is 0 Å². The third kappa shape index (κ3) is 5.71. The Morgan fingerprint density at radius 2 is 1.92 bits per heavy atom. The van der Waals surface area contributed by atoms with Crippen molar-refractivity contribution in [3.63, 3.8) is 0 Å². The molecule has 0 unspecified atom stereocenters. The minimum atomic E-state index is -4.06. The second-order valence-electron chi connectivity index (χ2n) is 9.11. The maximum absolute atomic E-state index is 13.7. The van der Waals surface area contributed by atoms with E-state index in [0.717, 1.165) is 5.56 Å². The third-order valence-electron chi connectivity index (χ3n) is 5.93. The lowest BCUT2D eigenvalue weighted by Gasteiger charge is -2.26. The van der Waals surface area contributed by atoms with Crippen molar-refractivity contribution < 1.29 is 27.4 Å². The minimum Gasteiger partial charge on any atom is -0.485 e. The molecule has 1 N–H and O–H groups in total. The predicted octanol–water partition coefficient (Wildman–Crippen LogP) is 2.71. The number of ether oxygens (including phenoxy) is 4. The molecule has 206 valence electrons. The normalized spacial score (nSPS) is 16.7. The van der Waals surface area contributed by atoms with Crippen molar-refractivity contribution in [1.82, 2.24) is 29.7 Å². The van der Waals surface area contributed by atoms with Crippen LogP contribution in [0.3, 0.4) is 0 Å². The monoisotopic (exact) mass is 547 g/mol. The molecule has 3 aromatic rings. The molecule has 4 rings (SSSR count). The summed E-state index contributed by atoms with van der Waals surface area (Å²) in [6.07, 6.45) is 3.63. The fraction of sp³-hybridized carbons (Fsp3) is 0.542. The van der Waals surface area contributed by atoms with Gasteiger partial charge in [0.2, 0.25) is 16.0 Å². The molecule has 0 saturated carbocycles. The standard InChI is InChI=1S/C24H33N7O6S/c1-7-35-12-17-13-36-20-18(8-9-25-23(20)34-6)22-28-29-24(31(17)22)30-38(32,33)16(5)19(37-14(2)3)21-26-10-15(4)11-27-21/h8-11,14,16-17,19H,7,12-13H2,1-6H3,(H,29,30)/t16-,17+,19+/m0/s1. The van der Waals surface area contributed by atoms with Crippen molar-refractivity contribution >= 4 is 16.0 Å². The van der Waals surface area contributed by atoms with E-state index < -0.39 is 27.4 Å². The topological polar surface area (TPSA) is 152 Å². The van der Waals surface area contributed by atoms with Gasteiger partial charge in [-0.3, -0.25) is 9.29 Å². The van der Waals surface area contributed by atoms with Gasteiger partial charge in [0.1, 0.15) is 18.0 Å². The summed E-state index contributed by atoms with van der Waals surface area (Å²) in [5.74, 6) is 1.38. The van der Waals surface area contributed by atoms with E-state index >= 15 is 0 Å². The van der Waals surface area contributed by atoms with E-state index in [1.54, 1.807) is 36.1 Å².